The number of pyridine rings is 1. The molecule has 2 aromatic rings. The molecule has 1 aromatic carbocycles. The van der Waals surface area contributed by atoms with E-state index in [0.717, 1.165) is 12.3 Å². The molecule has 0 spiro atoms. The molecule has 0 aliphatic heterocycles. The first kappa shape index (κ1) is 23.5. The highest BCUT2D eigenvalue weighted by atomic mass is 19.4. The van der Waals surface area contributed by atoms with E-state index in [9.17, 15) is 31.1 Å². The topological polar surface area (TPSA) is 77.2 Å². The average Bonchev–Trinajstić information content (AvgIpc) is 2.65. The molecule has 0 saturated heterocycles. The monoisotopic (exact) mass is 435 g/mol. The molecule has 1 aromatic heterocycles. The van der Waals surface area contributed by atoms with Gasteiger partial charge in [-0.25, -0.2) is 0 Å². The third-order valence-corrected chi connectivity index (χ3v) is 4.06. The van der Waals surface area contributed by atoms with Crippen LogP contribution >= 0.6 is 0 Å². The molecule has 0 fully saturated rings. The van der Waals surface area contributed by atoms with Gasteiger partial charge >= 0.3 is 12.4 Å². The molecule has 1 heterocycles. The first-order chi connectivity index (χ1) is 13.9. The number of hydrogen-bond acceptors (Lipinski definition) is 4. The Balaban J connectivity index is 1.97. The zero-order valence-electron chi connectivity index (χ0n) is 15.7. The minimum absolute atomic E-state index is 0.102. The third-order valence-electron chi connectivity index (χ3n) is 4.06. The third kappa shape index (κ3) is 6.90. The van der Waals surface area contributed by atoms with E-state index in [1.807, 2.05) is 0 Å². The SMILES string of the molecule is C[C@@H](NC(=O)[C@H](N)Cc1ccccc1C(F)(F)F)c1ccc(OCC(F)(F)F)cn1. The van der Waals surface area contributed by atoms with Crippen LogP contribution in [0.3, 0.4) is 0 Å². The molecule has 0 bridgehead atoms. The van der Waals surface area contributed by atoms with E-state index in [1.54, 1.807) is 6.92 Å². The summed E-state index contributed by atoms with van der Waals surface area (Å²) in [5.41, 5.74) is 5.11. The predicted molar refractivity (Wildman–Crippen MR) is 95.5 cm³/mol. The lowest BCUT2D eigenvalue weighted by atomic mass is 9.99. The van der Waals surface area contributed by atoms with E-state index >= 15 is 0 Å². The fourth-order valence-corrected chi connectivity index (χ4v) is 2.60. The normalized spacial score (nSPS) is 14.1. The molecule has 0 aliphatic carbocycles. The number of nitrogens with zero attached hydrogens (tertiary/aromatic N) is 1. The summed E-state index contributed by atoms with van der Waals surface area (Å²) in [6.45, 7) is 0.0847. The van der Waals surface area contributed by atoms with Crippen LogP contribution in [0.1, 0.15) is 29.8 Å². The van der Waals surface area contributed by atoms with Crippen molar-refractivity contribution in [2.45, 2.75) is 37.8 Å². The Hall–Kier alpha value is -2.82. The van der Waals surface area contributed by atoms with Crippen molar-refractivity contribution in [1.29, 1.82) is 0 Å². The van der Waals surface area contributed by atoms with Crippen molar-refractivity contribution < 1.29 is 35.9 Å². The number of ether oxygens (including phenoxy) is 1. The number of carbonyl (C=O) groups excluding carboxylic acids is 1. The largest absolute Gasteiger partial charge is 0.483 e. The van der Waals surface area contributed by atoms with E-state index in [2.05, 4.69) is 15.0 Å². The Morgan fingerprint density at radius 2 is 1.80 bits per heavy atom. The number of nitrogens with two attached hydrogens (primary N) is 1. The molecule has 1 amide bonds. The van der Waals surface area contributed by atoms with Gasteiger partial charge in [-0.1, -0.05) is 18.2 Å². The van der Waals surface area contributed by atoms with Crippen molar-refractivity contribution in [3.05, 3.63) is 59.4 Å². The van der Waals surface area contributed by atoms with Crippen LogP contribution in [0, 0.1) is 0 Å². The molecule has 3 N–H and O–H groups in total. The molecule has 30 heavy (non-hydrogen) atoms. The molecule has 164 valence electrons. The Morgan fingerprint density at radius 1 is 1.13 bits per heavy atom. The van der Waals surface area contributed by atoms with Gasteiger partial charge in [0.25, 0.3) is 0 Å². The van der Waals surface area contributed by atoms with Crippen LogP contribution in [-0.4, -0.2) is 29.7 Å². The van der Waals surface area contributed by atoms with Crippen LogP contribution in [0.15, 0.2) is 42.6 Å². The summed E-state index contributed by atoms with van der Waals surface area (Å²) in [5.74, 6) is -0.797. The number of halogens is 6. The maximum atomic E-state index is 13.1. The van der Waals surface area contributed by atoms with E-state index in [4.69, 9.17) is 5.73 Å². The van der Waals surface area contributed by atoms with Gasteiger partial charge in [-0.05, 0) is 37.1 Å². The summed E-state index contributed by atoms with van der Waals surface area (Å²) in [6, 6.07) is 5.52. The van der Waals surface area contributed by atoms with Crippen LogP contribution in [-0.2, 0) is 17.4 Å². The van der Waals surface area contributed by atoms with Gasteiger partial charge in [-0.3, -0.25) is 9.78 Å². The van der Waals surface area contributed by atoms with Gasteiger partial charge in [0.2, 0.25) is 5.91 Å². The molecule has 2 rings (SSSR count). The second kappa shape index (κ2) is 9.33. The first-order valence-corrected chi connectivity index (χ1v) is 8.73. The Bertz CT molecular complexity index is 853. The number of carbonyl (C=O) groups is 1. The number of hydrogen-bond donors (Lipinski definition) is 2. The standard InChI is InChI=1S/C19H19F6N3O2/c1-11(16-7-6-13(9-27-16)30-10-18(20,21)22)28-17(29)15(26)8-12-4-2-3-5-14(12)19(23,24)25/h2-7,9,11,15H,8,10,26H2,1H3,(H,28,29)/t11-,15-/m1/s1. The van der Waals surface area contributed by atoms with Crippen LogP contribution in [0.25, 0.3) is 0 Å². The molecule has 5 nitrogen and oxygen atoms in total. The zero-order chi connectivity index (χ0) is 22.5. The van der Waals surface area contributed by atoms with E-state index in [0.29, 0.717) is 5.69 Å². The van der Waals surface area contributed by atoms with Crippen LogP contribution in [0.2, 0.25) is 0 Å². The number of nitrogens with one attached hydrogen (secondary N) is 1. The fraction of sp³-hybridized carbons (Fsp3) is 0.368. The van der Waals surface area contributed by atoms with Crippen molar-refractivity contribution in [3.63, 3.8) is 0 Å². The molecule has 11 heteroatoms. The summed E-state index contributed by atoms with van der Waals surface area (Å²) < 4.78 is 80.2. The maximum absolute atomic E-state index is 13.1. The van der Waals surface area contributed by atoms with Crippen molar-refractivity contribution in [3.8, 4) is 5.75 Å². The smallest absolute Gasteiger partial charge is 0.422 e. The van der Waals surface area contributed by atoms with E-state index < -0.39 is 42.5 Å². The minimum Gasteiger partial charge on any atom is -0.483 e. The summed E-state index contributed by atoms with van der Waals surface area (Å²) >= 11 is 0. The summed E-state index contributed by atoms with van der Waals surface area (Å²) in [6.07, 6.45) is -8.31. The number of rotatable bonds is 7. The summed E-state index contributed by atoms with van der Waals surface area (Å²) in [5, 5.41) is 2.52. The number of aromatic nitrogens is 1. The Labute approximate surface area is 168 Å². The summed E-state index contributed by atoms with van der Waals surface area (Å²) in [7, 11) is 0. The number of benzene rings is 1. The Kier molecular flexibility index (Phi) is 7.30. The average molecular weight is 435 g/mol. The van der Waals surface area contributed by atoms with Gasteiger partial charge in [0, 0.05) is 0 Å². The molecule has 0 unspecified atom stereocenters. The zero-order valence-corrected chi connectivity index (χ0v) is 15.7. The fourth-order valence-electron chi connectivity index (χ4n) is 2.60. The van der Waals surface area contributed by atoms with Crippen molar-refractivity contribution in [2.24, 2.45) is 5.73 Å². The molecule has 0 radical (unpaired) electrons. The Morgan fingerprint density at radius 3 is 2.37 bits per heavy atom. The van der Waals surface area contributed by atoms with E-state index in [1.165, 1.54) is 30.3 Å². The highest BCUT2D eigenvalue weighted by Crippen LogP contribution is 2.32. The van der Waals surface area contributed by atoms with Gasteiger partial charge in [-0.2, -0.15) is 26.3 Å². The molecule has 0 saturated carbocycles. The van der Waals surface area contributed by atoms with Gasteiger partial charge in [0.15, 0.2) is 6.61 Å². The molecule has 0 aliphatic rings. The summed E-state index contributed by atoms with van der Waals surface area (Å²) in [4.78, 5) is 16.2. The van der Waals surface area contributed by atoms with Gasteiger partial charge in [-0.15, -0.1) is 0 Å². The maximum Gasteiger partial charge on any atom is 0.422 e. The van der Waals surface area contributed by atoms with E-state index in [-0.39, 0.29) is 17.7 Å². The lowest BCUT2D eigenvalue weighted by Crippen LogP contribution is -2.43. The van der Waals surface area contributed by atoms with Crippen LogP contribution in [0.5, 0.6) is 5.75 Å². The lowest BCUT2D eigenvalue weighted by Gasteiger charge is -2.19. The van der Waals surface area contributed by atoms with Crippen molar-refractivity contribution >= 4 is 5.91 Å². The number of alkyl halides is 6. The molecular weight excluding hydrogens is 416 g/mol. The molecule has 2 atom stereocenters. The van der Waals surface area contributed by atoms with Crippen LogP contribution in [0.4, 0.5) is 26.3 Å². The molecular formula is C19H19F6N3O2. The number of amides is 1. The predicted octanol–water partition coefficient (Wildman–Crippen LogP) is 3.79. The second-order valence-electron chi connectivity index (χ2n) is 6.52. The van der Waals surface area contributed by atoms with Gasteiger partial charge in [0.1, 0.15) is 5.75 Å². The minimum atomic E-state index is -4.57. The quantitative estimate of drug-likeness (QED) is 0.649. The van der Waals surface area contributed by atoms with Gasteiger partial charge in [0.05, 0.1) is 29.5 Å². The highest BCUT2D eigenvalue weighted by molar-refractivity contribution is 5.82. The van der Waals surface area contributed by atoms with Crippen LogP contribution < -0.4 is 15.8 Å². The highest BCUT2D eigenvalue weighted by Gasteiger charge is 2.33. The van der Waals surface area contributed by atoms with Crippen molar-refractivity contribution in [2.75, 3.05) is 6.61 Å². The van der Waals surface area contributed by atoms with Crippen molar-refractivity contribution in [1.82, 2.24) is 10.3 Å². The van der Waals surface area contributed by atoms with Gasteiger partial charge < -0.3 is 15.8 Å². The second-order valence-corrected chi connectivity index (χ2v) is 6.52. The first-order valence-electron chi connectivity index (χ1n) is 8.73. The lowest BCUT2D eigenvalue weighted by molar-refractivity contribution is -0.153.